The first-order valence-corrected chi connectivity index (χ1v) is 12.6. The minimum atomic E-state index is -0.533. The summed E-state index contributed by atoms with van der Waals surface area (Å²) in [5.41, 5.74) is 0. The number of hydrogen-bond donors (Lipinski definition) is 0. The Morgan fingerprint density at radius 1 is 1.00 bits per heavy atom. The van der Waals surface area contributed by atoms with Gasteiger partial charge in [0.1, 0.15) is 0 Å². The van der Waals surface area contributed by atoms with Gasteiger partial charge < -0.3 is 4.90 Å². The highest BCUT2D eigenvalue weighted by atomic mass is 127. The van der Waals surface area contributed by atoms with Crippen molar-refractivity contribution in [2.75, 3.05) is 33.2 Å². The largest absolute Gasteiger partial charge is 0.304 e. The zero-order chi connectivity index (χ0) is 8.48. The third kappa shape index (κ3) is 4.00. The molecule has 0 saturated carbocycles. The average molecular weight is 512 g/mol. The third-order valence-corrected chi connectivity index (χ3v) is 7.72. The van der Waals surface area contributed by atoms with Crippen LogP contribution in [0.2, 0.25) is 0 Å². The van der Waals surface area contributed by atoms with Gasteiger partial charge in [0.2, 0.25) is 0 Å². The second-order valence-corrected chi connectivity index (χ2v) is 30.5. The van der Waals surface area contributed by atoms with Crippen molar-refractivity contribution < 1.29 is 0 Å². The van der Waals surface area contributed by atoms with Crippen LogP contribution in [0.3, 0.4) is 0 Å². The summed E-state index contributed by atoms with van der Waals surface area (Å²) in [7, 11) is 2.20. The molecule has 0 aromatic carbocycles. The lowest BCUT2D eigenvalue weighted by Gasteiger charge is -2.39. The molecule has 1 heterocycles. The number of halogens is 3. The minimum Gasteiger partial charge on any atom is -0.304 e. The molecule has 11 heavy (non-hydrogen) atoms. The molecule has 1 aliphatic rings. The molecule has 0 bridgehead atoms. The fourth-order valence-corrected chi connectivity index (χ4v) is 5.12. The van der Waals surface area contributed by atoms with Crippen molar-refractivity contribution in [3.8, 4) is 0 Å². The van der Waals surface area contributed by atoms with Gasteiger partial charge in [0.15, 0.2) is 0 Å². The predicted octanol–water partition coefficient (Wildman–Crippen LogP) is 3.00. The first-order chi connectivity index (χ1) is 5.00. The van der Waals surface area contributed by atoms with Gasteiger partial charge in [-0.05, 0) is 8.78 Å². The van der Waals surface area contributed by atoms with Gasteiger partial charge in [-0.15, -0.1) is 0 Å². The van der Waals surface area contributed by atoms with Crippen LogP contribution in [0.5, 0.6) is 0 Å². The molecule has 0 atom stereocenters. The Morgan fingerprint density at radius 3 is 1.82 bits per heavy atom. The van der Waals surface area contributed by atoms with E-state index >= 15 is 0 Å². The smallest absolute Gasteiger partial charge is 0.0223 e. The average Bonchev–Trinajstić information content (AvgIpc) is 1.86. The summed E-state index contributed by atoms with van der Waals surface area (Å²) in [6, 6.07) is 0. The molecule has 0 aliphatic carbocycles. The molecule has 0 aromatic heterocycles. The van der Waals surface area contributed by atoms with Crippen molar-refractivity contribution in [2.24, 2.45) is 0 Å². The van der Waals surface area contributed by atoms with Crippen LogP contribution in [0.1, 0.15) is 0 Å². The van der Waals surface area contributed by atoms with E-state index in [-0.39, 0.29) is 0 Å². The maximum Gasteiger partial charge on any atom is 0.0223 e. The van der Waals surface area contributed by atoms with Crippen LogP contribution in [0.4, 0.5) is 0 Å². The van der Waals surface area contributed by atoms with Gasteiger partial charge in [0.05, 0.1) is 0 Å². The second kappa shape index (κ2) is 4.80. The Kier molecular flexibility index (Phi) is 5.04. The van der Waals surface area contributed by atoms with E-state index in [2.05, 4.69) is 79.9 Å². The van der Waals surface area contributed by atoms with Crippen LogP contribution in [-0.2, 0) is 0 Å². The molecule has 0 unspecified atom stereocenters. The number of nitrogens with zero attached hydrogens (tertiary/aromatic N) is 2. The van der Waals surface area contributed by atoms with E-state index in [4.69, 9.17) is 0 Å². The number of piperazine rings is 1. The Labute approximate surface area is 106 Å². The third-order valence-electron chi connectivity index (χ3n) is 1.76. The van der Waals surface area contributed by atoms with Crippen LogP contribution in [-0.4, -0.2) is 42.4 Å². The summed E-state index contributed by atoms with van der Waals surface area (Å²) in [4.78, 5) is 2.39. The van der Waals surface area contributed by atoms with Crippen LogP contribution in [0.15, 0.2) is 0 Å². The standard InChI is InChI=1S/C5H11I3N2S/c1-9-2-4-10(5-3-9)11(6,7)8/h2-5H2,1H3. The van der Waals surface area contributed by atoms with Crippen molar-refractivity contribution in [2.45, 2.75) is 0 Å². The van der Waals surface area contributed by atoms with Crippen LogP contribution in [0, 0.1) is 0 Å². The molecule has 0 aromatic rings. The molecule has 68 valence electrons. The Morgan fingerprint density at radius 2 is 1.45 bits per heavy atom. The quantitative estimate of drug-likeness (QED) is 0.500. The number of rotatable bonds is 1. The molecule has 1 aliphatic heterocycles. The summed E-state index contributed by atoms with van der Waals surface area (Å²) in [5.74, 6) is 0. The molecule has 2 nitrogen and oxygen atoms in total. The predicted molar refractivity (Wildman–Crippen MR) is 78.7 cm³/mol. The molecular weight excluding hydrogens is 501 g/mol. The lowest BCUT2D eigenvalue weighted by Crippen LogP contribution is -2.42. The van der Waals surface area contributed by atoms with Gasteiger partial charge in [0.25, 0.3) is 0 Å². The summed E-state index contributed by atoms with van der Waals surface area (Å²) in [6.45, 7) is 4.93. The topological polar surface area (TPSA) is 6.48 Å². The zero-order valence-electron chi connectivity index (χ0n) is 6.26. The zero-order valence-corrected chi connectivity index (χ0v) is 13.6. The second-order valence-electron chi connectivity index (χ2n) is 2.61. The van der Waals surface area contributed by atoms with Gasteiger partial charge >= 0.3 is 0 Å². The molecule has 0 radical (unpaired) electrons. The normalized spacial score (nSPS) is 25.5. The molecule has 1 saturated heterocycles. The lowest BCUT2D eigenvalue weighted by molar-refractivity contribution is 0.234. The molecule has 1 rings (SSSR count). The fourth-order valence-electron chi connectivity index (χ4n) is 0.995. The van der Waals surface area contributed by atoms with E-state index in [1.54, 1.807) is 0 Å². The highest BCUT2D eigenvalue weighted by Crippen LogP contribution is 2.73. The van der Waals surface area contributed by atoms with E-state index in [0.717, 1.165) is 0 Å². The first-order valence-electron chi connectivity index (χ1n) is 3.36. The molecule has 0 amide bonds. The Balaban J connectivity index is 2.39. The van der Waals surface area contributed by atoms with E-state index < -0.39 is 1.73 Å². The summed E-state index contributed by atoms with van der Waals surface area (Å²) < 4.78 is 2.06. The first kappa shape index (κ1) is 11.5. The Hall–Kier alpha value is 2.46. The highest BCUT2D eigenvalue weighted by molar-refractivity contribution is 14.5. The summed E-state index contributed by atoms with van der Waals surface area (Å²) in [5, 5.41) is 0. The molecule has 0 spiro atoms. The SMILES string of the molecule is CN1CCN(S(I)(I)I)CC1. The number of likely N-dealkylation sites (N-methyl/N-ethyl adjacent to an activating group) is 1. The van der Waals surface area contributed by atoms with Crippen LogP contribution in [0.25, 0.3) is 0 Å². The van der Waals surface area contributed by atoms with E-state index in [0.29, 0.717) is 0 Å². The van der Waals surface area contributed by atoms with Gasteiger partial charge in [0, 0.05) is 89.8 Å². The summed E-state index contributed by atoms with van der Waals surface area (Å²) >= 11 is 7.70. The van der Waals surface area contributed by atoms with E-state index in [1.165, 1.54) is 26.2 Å². The van der Waals surface area contributed by atoms with Crippen LogP contribution < -0.4 is 0 Å². The van der Waals surface area contributed by atoms with Crippen molar-refractivity contribution in [1.29, 1.82) is 0 Å². The van der Waals surface area contributed by atoms with Gasteiger partial charge in [-0.1, -0.05) is 0 Å². The molecule has 6 heteroatoms. The van der Waals surface area contributed by atoms with Crippen molar-refractivity contribution in [3.63, 3.8) is 0 Å². The molecule has 0 N–H and O–H groups in total. The van der Waals surface area contributed by atoms with Crippen LogP contribution >= 0.6 is 65.3 Å². The van der Waals surface area contributed by atoms with Gasteiger partial charge in [-0.25, -0.2) is 4.31 Å². The molecule has 1 fully saturated rings. The van der Waals surface area contributed by atoms with E-state index in [1.807, 2.05) is 0 Å². The van der Waals surface area contributed by atoms with Crippen molar-refractivity contribution >= 4 is 65.3 Å². The molecular formula is C5H11I3N2S. The van der Waals surface area contributed by atoms with Gasteiger partial charge in [-0.3, -0.25) is 0 Å². The monoisotopic (exact) mass is 512 g/mol. The highest BCUT2D eigenvalue weighted by Gasteiger charge is 2.25. The minimum absolute atomic E-state index is 0.533. The van der Waals surface area contributed by atoms with Crippen molar-refractivity contribution in [1.82, 2.24) is 9.21 Å². The number of hydrogen-bond acceptors (Lipinski definition) is 2. The van der Waals surface area contributed by atoms with Gasteiger partial charge in [-0.2, -0.15) is 0 Å². The van der Waals surface area contributed by atoms with E-state index in [9.17, 15) is 0 Å². The fraction of sp³-hybridized carbons (Fsp3) is 1.00. The summed E-state index contributed by atoms with van der Waals surface area (Å²) in [6.07, 6.45) is 0. The maximum atomic E-state index is 2.59. The lowest BCUT2D eigenvalue weighted by atomic mass is 10.4. The van der Waals surface area contributed by atoms with Crippen molar-refractivity contribution in [3.05, 3.63) is 0 Å². The maximum absolute atomic E-state index is 2.59. The Bertz CT molecular complexity index is 130.